The van der Waals surface area contributed by atoms with Gasteiger partial charge in [-0.2, -0.15) is 5.10 Å². The Morgan fingerprint density at radius 3 is 2.62 bits per heavy atom. The second-order valence-corrected chi connectivity index (χ2v) is 5.53. The molecule has 3 aromatic rings. The second kappa shape index (κ2) is 6.62. The Labute approximate surface area is 139 Å². The van der Waals surface area contributed by atoms with Gasteiger partial charge in [-0.1, -0.05) is 12.1 Å². The zero-order valence-electron chi connectivity index (χ0n) is 13.5. The van der Waals surface area contributed by atoms with Crippen LogP contribution >= 0.6 is 0 Å². The van der Waals surface area contributed by atoms with Gasteiger partial charge >= 0.3 is 0 Å². The van der Waals surface area contributed by atoms with Crippen LogP contribution < -0.4 is 5.32 Å². The van der Waals surface area contributed by atoms with Gasteiger partial charge in [0.15, 0.2) is 0 Å². The van der Waals surface area contributed by atoms with Gasteiger partial charge in [0.25, 0.3) is 5.91 Å². The van der Waals surface area contributed by atoms with Crippen LogP contribution in [0.3, 0.4) is 0 Å². The van der Waals surface area contributed by atoms with Crippen molar-refractivity contribution in [3.63, 3.8) is 0 Å². The molecule has 0 saturated heterocycles. The van der Waals surface area contributed by atoms with E-state index < -0.39 is 0 Å². The van der Waals surface area contributed by atoms with E-state index >= 15 is 0 Å². The van der Waals surface area contributed by atoms with Crippen LogP contribution in [0, 0.1) is 19.7 Å². The van der Waals surface area contributed by atoms with Gasteiger partial charge in [-0.25, -0.2) is 4.39 Å². The summed E-state index contributed by atoms with van der Waals surface area (Å²) in [4.78, 5) is 16.2. The molecule has 0 fully saturated rings. The molecule has 0 saturated carbocycles. The SMILES string of the molecule is Cc1nn(Cc2ccc(F)cc2)c(C)c1NC(=O)c1cccnc1. The van der Waals surface area contributed by atoms with E-state index in [2.05, 4.69) is 15.4 Å². The zero-order chi connectivity index (χ0) is 17.1. The van der Waals surface area contributed by atoms with Crippen molar-refractivity contribution < 1.29 is 9.18 Å². The number of hydrogen-bond donors (Lipinski definition) is 1. The number of benzene rings is 1. The smallest absolute Gasteiger partial charge is 0.257 e. The average molecular weight is 324 g/mol. The van der Waals surface area contributed by atoms with Crippen molar-refractivity contribution in [2.24, 2.45) is 0 Å². The lowest BCUT2D eigenvalue weighted by Gasteiger charge is -2.07. The van der Waals surface area contributed by atoms with Crippen LogP contribution in [-0.4, -0.2) is 20.7 Å². The summed E-state index contributed by atoms with van der Waals surface area (Å²) in [6.07, 6.45) is 3.14. The molecule has 0 aliphatic rings. The van der Waals surface area contributed by atoms with Crippen molar-refractivity contribution in [1.29, 1.82) is 0 Å². The number of carbonyl (C=O) groups excluding carboxylic acids is 1. The molecule has 122 valence electrons. The third-order valence-electron chi connectivity index (χ3n) is 3.79. The topological polar surface area (TPSA) is 59.8 Å². The highest BCUT2D eigenvalue weighted by molar-refractivity contribution is 6.04. The summed E-state index contributed by atoms with van der Waals surface area (Å²) in [6, 6.07) is 9.71. The highest BCUT2D eigenvalue weighted by Crippen LogP contribution is 2.21. The van der Waals surface area contributed by atoms with Crippen LogP contribution in [0.4, 0.5) is 10.1 Å². The highest BCUT2D eigenvalue weighted by Gasteiger charge is 2.15. The van der Waals surface area contributed by atoms with Crippen molar-refractivity contribution in [3.8, 4) is 0 Å². The maximum Gasteiger partial charge on any atom is 0.257 e. The first kappa shape index (κ1) is 15.9. The fourth-order valence-electron chi connectivity index (χ4n) is 2.48. The Kier molecular flexibility index (Phi) is 4.37. The van der Waals surface area contributed by atoms with Gasteiger partial charge in [-0.3, -0.25) is 14.5 Å². The average Bonchev–Trinajstić information content (AvgIpc) is 2.85. The standard InChI is InChI=1S/C18H17FN4O/c1-12-17(21-18(24)15-4-3-9-20-10-15)13(2)23(22-12)11-14-5-7-16(19)8-6-14/h3-10H,11H2,1-2H3,(H,21,24). The van der Waals surface area contributed by atoms with E-state index in [1.807, 2.05) is 13.8 Å². The lowest BCUT2D eigenvalue weighted by molar-refractivity contribution is 0.102. The lowest BCUT2D eigenvalue weighted by Crippen LogP contribution is -2.13. The Balaban J connectivity index is 1.81. The number of halogens is 1. The lowest BCUT2D eigenvalue weighted by atomic mass is 10.2. The third kappa shape index (κ3) is 3.32. The molecule has 6 heteroatoms. The molecule has 24 heavy (non-hydrogen) atoms. The highest BCUT2D eigenvalue weighted by atomic mass is 19.1. The summed E-state index contributed by atoms with van der Waals surface area (Å²) in [5, 5.41) is 7.35. The number of nitrogens with zero attached hydrogens (tertiary/aromatic N) is 3. The predicted octanol–water partition coefficient (Wildman–Crippen LogP) is 3.33. The number of aromatic nitrogens is 3. The summed E-state index contributed by atoms with van der Waals surface area (Å²) >= 11 is 0. The molecule has 0 radical (unpaired) electrons. The van der Waals surface area contributed by atoms with Crippen LogP contribution in [0.25, 0.3) is 0 Å². The van der Waals surface area contributed by atoms with Crippen molar-refractivity contribution in [1.82, 2.24) is 14.8 Å². The van der Waals surface area contributed by atoms with Crippen molar-refractivity contribution in [3.05, 3.63) is 77.1 Å². The molecular weight excluding hydrogens is 307 g/mol. The fraction of sp³-hybridized carbons (Fsp3) is 0.167. The van der Waals surface area contributed by atoms with Crippen LogP contribution in [0.2, 0.25) is 0 Å². The quantitative estimate of drug-likeness (QED) is 0.801. The van der Waals surface area contributed by atoms with Gasteiger partial charge in [-0.15, -0.1) is 0 Å². The minimum Gasteiger partial charge on any atom is -0.319 e. The molecule has 1 N–H and O–H groups in total. The van der Waals surface area contributed by atoms with Gasteiger partial charge in [0.05, 0.1) is 29.2 Å². The van der Waals surface area contributed by atoms with E-state index in [1.165, 1.54) is 18.3 Å². The molecule has 0 unspecified atom stereocenters. The number of amides is 1. The molecule has 2 heterocycles. The number of carbonyl (C=O) groups is 1. The van der Waals surface area contributed by atoms with Crippen LogP contribution in [0.1, 0.15) is 27.3 Å². The Bertz CT molecular complexity index is 857. The maximum absolute atomic E-state index is 13.0. The van der Waals surface area contributed by atoms with Gasteiger partial charge in [0.2, 0.25) is 0 Å². The fourth-order valence-corrected chi connectivity index (χ4v) is 2.48. The Morgan fingerprint density at radius 2 is 1.96 bits per heavy atom. The molecule has 5 nitrogen and oxygen atoms in total. The van der Waals surface area contributed by atoms with Crippen molar-refractivity contribution in [2.75, 3.05) is 5.32 Å². The van der Waals surface area contributed by atoms with Crippen molar-refractivity contribution in [2.45, 2.75) is 20.4 Å². The zero-order valence-corrected chi connectivity index (χ0v) is 13.5. The van der Waals surface area contributed by atoms with E-state index in [-0.39, 0.29) is 11.7 Å². The molecule has 0 bridgehead atoms. The maximum atomic E-state index is 13.0. The summed E-state index contributed by atoms with van der Waals surface area (Å²) in [6.45, 7) is 4.24. The van der Waals surface area contributed by atoms with Gasteiger partial charge in [0.1, 0.15) is 5.82 Å². The largest absolute Gasteiger partial charge is 0.319 e. The molecule has 2 aromatic heterocycles. The van der Waals surface area contributed by atoms with E-state index in [9.17, 15) is 9.18 Å². The molecule has 1 amide bonds. The van der Waals surface area contributed by atoms with E-state index in [4.69, 9.17) is 0 Å². The molecule has 0 spiro atoms. The Morgan fingerprint density at radius 1 is 1.21 bits per heavy atom. The van der Waals surface area contributed by atoms with E-state index in [1.54, 1.807) is 35.1 Å². The number of nitrogens with one attached hydrogen (secondary N) is 1. The Hall–Kier alpha value is -3.02. The van der Waals surface area contributed by atoms with Crippen molar-refractivity contribution >= 4 is 11.6 Å². The molecule has 3 rings (SSSR count). The molecule has 0 atom stereocenters. The number of hydrogen-bond acceptors (Lipinski definition) is 3. The van der Waals surface area contributed by atoms with Crippen LogP contribution in [0.15, 0.2) is 48.8 Å². The monoisotopic (exact) mass is 324 g/mol. The molecule has 0 aliphatic carbocycles. The van der Waals surface area contributed by atoms with Crippen LogP contribution in [0.5, 0.6) is 0 Å². The number of rotatable bonds is 4. The number of pyridine rings is 1. The predicted molar refractivity (Wildman–Crippen MR) is 89.4 cm³/mol. The molecular formula is C18H17FN4O. The summed E-state index contributed by atoms with van der Waals surface area (Å²) < 4.78 is 14.8. The normalized spacial score (nSPS) is 10.6. The van der Waals surface area contributed by atoms with Crippen LogP contribution in [-0.2, 0) is 6.54 Å². The molecule has 0 aliphatic heterocycles. The number of anilines is 1. The minimum atomic E-state index is -0.267. The number of aryl methyl sites for hydroxylation is 1. The van der Waals surface area contributed by atoms with E-state index in [0.717, 1.165) is 17.0 Å². The first-order valence-corrected chi connectivity index (χ1v) is 7.54. The first-order chi connectivity index (χ1) is 11.5. The second-order valence-electron chi connectivity index (χ2n) is 5.53. The first-order valence-electron chi connectivity index (χ1n) is 7.54. The van der Waals surface area contributed by atoms with Gasteiger partial charge in [-0.05, 0) is 43.7 Å². The van der Waals surface area contributed by atoms with Gasteiger partial charge < -0.3 is 5.32 Å². The third-order valence-corrected chi connectivity index (χ3v) is 3.79. The minimum absolute atomic E-state index is 0.226. The molecule has 1 aromatic carbocycles. The summed E-state index contributed by atoms with van der Waals surface area (Å²) in [5.41, 5.74) is 3.68. The van der Waals surface area contributed by atoms with Gasteiger partial charge in [0, 0.05) is 12.4 Å². The van der Waals surface area contributed by atoms with E-state index in [0.29, 0.717) is 17.8 Å². The summed E-state index contributed by atoms with van der Waals surface area (Å²) in [7, 11) is 0. The summed E-state index contributed by atoms with van der Waals surface area (Å²) in [5.74, 6) is -0.493.